The number of fused-ring (bicyclic) bond motifs is 4. The van der Waals surface area contributed by atoms with Crippen LogP contribution >= 0.6 is 0 Å². The zero-order valence-corrected chi connectivity index (χ0v) is 10.0. The van der Waals surface area contributed by atoms with E-state index in [4.69, 9.17) is 4.42 Å². The molecule has 1 heteroatoms. The second kappa shape index (κ2) is 2.47. The smallest absolute Gasteiger partial charge is 0.107 e. The van der Waals surface area contributed by atoms with Crippen molar-refractivity contribution in [2.75, 3.05) is 0 Å². The highest BCUT2D eigenvalue weighted by molar-refractivity contribution is 5.40. The van der Waals surface area contributed by atoms with E-state index in [-0.39, 0.29) is 0 Å². The van der Waals surface area contributed by atoms with E-state index in [9.17, 15) is 0 Å². The summed E-state index contributed by atoms with van der Waals surface area (Å²) in [5.74, 6) is 3.74. The Morgan fingerprint density at radius 2 is 2.31 bits per heavy atom. The molecule has 0 aromatic carbocycles. The Kier molecular flexibility index (Phi) is 1.40. The molecule has 0 unspecified atom stereocenters. The number of rotatable bonds is 0. The highest BCUT2D eigenvalue weighted by Gasteiger charge is 2.63. The van der Waals surface area contributed by atoms with E-state index >= 15 is 0 Å². The predicted molar refractivity (Wildman–Crippen MR) is 63.2 cm³/mol. The molecule has 16 heavy (non-hydrogen) atoms. The molecule has 1 nitrogen and oxygen atoms in total. The average molecular weight is 214 g/mol. The number of furan rings is 1. The van der Waals surface area contributed by atoms with Gasteiger partial charge >= 0.3 is 0 Å². The van der Waals surface area contributed by atoms with Gasteiger partial charge in [0.2, 0.25) is 0 Å². The highest BCUT2D eigenvalue weighted by Crippen LogP contribution is 2.69. The number of allylic oxidation sites excluding steroid dienone is 1. The SMILES string of the molecule is C=C1[C@H]2C[C@H]2[C@@]2(C)Cc3occ(C)c3C[C@H]12. The van der Waals surface area contributed by atoms with Crippen LogP contribution in [0.5, 0.6) is 0 Å². The molecule has 1 aromatic rings. The van der Waals surface area contributed by atoms with Crippen LogP contribution < -0.4 is 0 Å². The zero-order valence-electron chi connectivity index (χ0n) is 10.0. The summed E-state index contributed by atoms with van der Waals surface area (Å²) in [6.07, 6.45) is 5.64. The molecule has 1 heterocycles. The summed E-state index contributed by atoms with van der Waals surface area (Å²) in [6, 6.07) is 0. The summed E-state index contributed by atoms with van der Waals surface area (Å²) in [7, 11) is 0. The van der Waals surface area contributed by atoms with Crippen molar-refractivity contribution in [1.29, 1.82) is 0 Å². The van der Waals surface area contributed by atoms with Crippen LogP contribution in [0, 0.1) is 30.1 Å². The topological polar surface area (TPSA) is 13.1 Å². The first-order chi connectivity index (χ1) is 7.61. The number of aryl methyl sites for hydroxylation is 1. The molecule has 0 amide bonds. The largest absolute Gasteiger partial charge is 0.469 e. The van der Waals surface area contributed by atoms with Crippen LogP contribution in [0.25, 0.3) is 0 Å². The Labute approximate surface area is 96.5 Å². The van der Waals surface area contributed by atoms with E-state index in [1.165, 1.54) is 29.7 Å². The van der Waals surface area contributed by atoms with Gasteiger partial charge in [0, 0.05) is 6.42 Å². The van der Waals surface area contributed by atoms with Crippen LogP contribution in [0.4, 0.5) is 0 Å². The molecule has 0 spiro atoms. The highest BCUT2D eigenvalue weighted by atomic mass is 16.3. The van der Waals surface area contributed by atoms with Crippen molar-refractivity contribution >= 4 is 0 Å². The van der Waals surface area contributed by atoms with Crippen LogP contribution in [0.2, 0.25) is 0 Å². The van der Waals surface area contributed by atoms with Crippen LogP contribution in [0.1, 0.15) is 30.2 Å². The second-order valence-electron chi connectivity index (χ2n) is 6.28. The van der Waals surface area contributed by atoms with Crippen LogP contribution in [0.3, 0.4) is 0 Å². The Hall–Kier alpha value is -0.980. The Morgan fingerprint density at radius 3 is 3.12 bits per heavy atom. The molecule has 84 valence electrons. The van der Waals surface area contributed by atoms with Gasteiger partial charge in [0.05, 0.1) is 6.26 Å². The summed E-state index contributed by atoms with van der Waals surface area (Å²) in [4.78, 5) is 0. The Balaban J connectivity index is 1.84. The predicted octanol–water partition coefficient (Wildman–Crippen LogP) is 3.52. The van der Waals surface area contributed by atoms with Crippen molar-refractivity contribution < 1.29 is 4.42 Å². The van der Waals surface area contributed by atoms with Crippen molar-refractivity contribution in [3.8, 4) is 0 Å². The molecule has 4 atom stereocenters. The monoisotopic (exact) mass is 214 g/mol. The van der Waals surface area contributed by atoms with Crippen molar-refractivity contribution in [2.45, 2.75) is 33.1 Å². The molecule has 2 fully saturated rings. The molecule has 1 aromatic heterocycles. The number of hydrogen-bond acceptors (Lipinski definition) is 1. The standard InChI is InChI=1S/C15H18O/c1-8-7-16-14-6-15(3)12(4-10(8)14)9(2)11-5-13(11)15/h7,11-13H,2,4-6H2,1,3H3/t11-,12-,13-,15+/m1/s1. The lowest BCUT2D eigenvalue weighted by atomic mass is 9.65. The quantitative estimate of drug-likeness (QED) is 0.602. The normalized spacial score (nSPS) is 43.9. The molecule has 0 N–H and O–H groups in total. The van der Waals surface area contributed by atoms with Crippen LogP contribution in [-0.2, 0) is 12.8 Å². The molecule has 0 saturated heterocycles. The average Bonchev–Trinajstić information content (AvgIpc) is 2.94. The van der Waals surface area contributed by atoms with E-state index in [1.807, 2.05) is 6.26 Å². The fourth-order valence-corrected chi connectivity index (χ4v) is 4.39. The minimum absolute atomic E-state index is 0.457. The first-order valence-corrected chi connectivity index (χ1v) is 6.36. The first-order valence-electron chi connectivity index (χ1n) is 6.36. The zero-order chi connectivity index (χ0) is 11.1. The molecule has 3 aliphatic rings. The van der Waals surface area contributed by atoms with Gasteiger partial charge in [-0.25, -0.2) is 0 Å². The van der Waals surface area contributed by atoms with Crippen molar-refractivity contribution in [1.82, 2.24) is 0 Å². The fraction of sp³-hybridized carbons (Fsp3) is 0.600. The maximum absolute atomic E-state index is 5.73. The van der Waals surface area contributed by atoms with Crippen molar-refractivity contribution in [3.63, 3.8) is 0 Å². The summed E-state index contributed by atoms with van der Waals surface area (Å²) < 4.78 is 5.73. The number of hydrogen-bond donors (Lipinski definition) is 0. The summed E-state index contributed by atoms with van der Waals surface area (Å²) in [5.41, 5.74) is 4.81. The van der Waals surface area contributed by atoms with Crippen LogP contribution in [-0.4, -0.2) is 0 Å². The summed E-state index contributed by atoms with van der Waals surface area (Å²) in [5, 5.41) is 0. The maximum Gasteiger partial charge on any atom is 0.107 e. The van der Waals surface area contributed by atoms with E-state index in [1.54, 1.807) is 5.57 Å². The van der Waals surface area contributed by atoms with Gasteiger partial charge in [-0.15, -0.1) is 0 Å². The fourth-order valence-electron chi connectivity index (χ4n) is 4.39. The minimum Gasteiger partial charge on any atom is -0.469 e. The van der Waals surface area contributed by atoms with E-state index in [2.05, 4.69) is 20.4 Å². The van der Waals surface area contributed by atoms with E-state index in [0.717, 1.165) is 24.2 Å². The van der Waals surface area contributed by atoms with Gasteiger partial charge in [0.25, 0.3) is 0 Å². The third kappa shape index (κ3) is 0.851. The molecule has 0 aliphatic heterocycles. The summed E-state index contributed by atoms with van der Waals surface area (Å²) >= 11 is 0. The third-order valence-corrected chi connectivity index (χ3v) is 5.50. The molecule has 4 rings (SSSR count). The molecular formula is C15H18O. The second-order valence-corrected chi connectivity index (χ2v) is 6.28. The van der Waals surface area contributed by atoms with E-state index in [0.29, 0.717) is 5.41 Å². The third-order valence-electron chi connectivity index (χ3n) is 5.50. The van der Waals surface area contributed by atoms with Gasteiger partial charge in [0.15, 0.2) is 0 Å². The maximum atomic E-state index is 5.73. The minimum atomic E-state index is 0.457. The Bertz CT molecular complexity index is 496. The van der Waals surface area contributed by atoms with Crippen LogP contribution in [0.15, 0.2) is 22.8 Å². The van der Waals surface area contributed by atoms with E-state index < -0.39 is 0 Å². The van der Waals surface area contributed by atoms with Gasteiger partial charge in [-0.1, -0.05) is 19.1 Å². The molecule has 3 aliphatic carbocycles. The summed E-state index contributed by atoms with van der Waals surface area (Å²) in [6.45, 7) is 8.99. The lowest BCUT2D eigenvalue weighted by Crippen LogP contribution is -2.34. The van der Waals surface area contributed by atoms with Crippen molar-refractivity contribution in [2.24, 2.45) is 23.2 Å². The molecule has 0 radical (unpaired) electrons. The van der Waals surface area contributed by atoms with Gasteiger partial charge in [0.1, 0.15) is 5.76 Å². The lowest BCUT2D eigenvalue weighted by Gasteiger charge is -2.38. The molecule has 2 saturated carbocycles. The Morgan fingerprint density at radius 1 is 1.50 bits per heavy atom. The van der Waals surface area contributed by atoms with Gasteiger partial charge < -0.3 is 4.42 Å². The van der Waals surface area contributed by atoms with Crippen molar-refractivity contribution in [3.05, 3.63) is 35.3 Å². The van der Waals surface area contributed by atoms with Gasteiger partial charge in [-0.05, 0) is 54.1 Å². The first kappa shape index (κ1) is 9.09. The van der Waals surface area contributed by atoms with Gasteiger partial charge in [-0.3, -0.25) is 0 Å². The lowest BCUT2D eigenvalue weighted by molar-refractivity contribution is 0.174. The molecular weight excluding hydrogens is 196 g/mol. The molecule has 0 bridgehead atoms. The van der Waals surface area contributed by atoms with Gasteiger partial charge in [-0.2, -0.15) is 0 Å².